The Bertz CT molecular complexity index is 315. The Labute approximate surface area is 75.6 Å². The van der Waals surface area contributed by atoms with Crippen LogP contribution in [-0.2, 0) is 0 Å². The minimum Gasteiger partial charge on any atom is -0.507 e. The van der Waals surface area contributed by atoms with Crippen molar-refractivity contribution >= 4 is 0 Å². The smallest absolute Gasteiger partial charge is 0.165 e. The van der Waals surface area contributed by atoms with E-state index in [-0.39, 0.29) is 11.3 Å². The topological polar surface area (TPSA) is 66.5 Å². The molecule has 1 rings (SSSR count). The predicted molar refractivity (Wildman–Crippen MR) is 46.9 cm³/mol. The average molecular weight is 185 g/mol. The summed E-state index contributed by atoms with van der Waals surface area (Å²) >= 11 is 0. The highest BCUT2D eigenvalue weighted by molar-refractivity contribution is 5.45. The molecule has 0 aliphatic rings. The number of hydrogen-bond acceptors (Lipinski definition) is 3. The van der Waals surface area contributed by atoms with Crippen molar-refractivity contribution in [3.05, 3.63) is 23.5 Å². The molecule has 0 saturated heterocycles. The lowest BCUT2D eigenvalue weighted by molar-refractivity contribution is 0.400. The predicted octanol–water partition coefficient (Wildman–Crippen LogP) is 1.65. The number of aromatic hydroxyl groups is 2. The lowest BCUT2D eigenvalue weighted by Crippen LogP contribution is -2.09. The Morgan fingerprint density at radius 1 is 1.46 bits per heavy atom. The number of nitrogens with two attached hydrogens (primary N) is 1. The lowest BCUT2D eigenvalue weighted by atomic mass is 10.0. The minimum absolute atomic E-state index is 0.0718. The van der Waals surface area contributed by atoms with Crippen LogP contribution >= 0.6 is 0 Å². The molecule has 0 aliphatic heterocycles. The summed E-state index contributed by atoms with van der Waals surface area (Å²) in [6.07, 6.45) is 0.518. The maximum Gasteiger partial charge on any atom is 0.165 e. The third kappa shape index (κ3) is 1.72. The highest BCUT2D eigenvalue weighted by Gasteiger charge is 2.17. The van der Waals surface area contributed by atoms with E-state index in [1.165, 1.54) is 6.07 Å². The van der Waals surface area contributed by atoms with Gasteiger partial charge in [-0.15, -0.1) is 0 Å². The van der Waals surface area contributed by atoms with E-state index in [9.17, 15) is 14.6 Å². The maximum absolute atomic E-state index is 12.8. The number of phenolic OH excluding ortho intramolecular Hbond substituents is 2. The zero-order chi connectivity index (χ0) is 10.0. The van der Waals surface area contributed by atoms with Gasteiger partial charge in [0.15, 0.2) is 11.6 Å². The van der Waals surface area contributed by atoms with Crippen LogP contribution in [0.4, 0.5) is 4.39 Å². The second-order valence-electron chi connectivity index (χ2n) is 2.84. The monoisotopic (exact) mass is 185 g/mol. The molecular weight excluding hydrogens is 173 g/mol. The molecule has 0 amide bonds. The van der Waals surface area contributed by atoms with Gasteiger partial charge in [-0.25, -0.2) is 4.39 Å². The standard InChI is InChI=1S/C9H12FNO2/c1-2-6(11)8-7(12)4-3-5(10)9(8)13/h3-4,6,12-13H,2,11H2,1H3. The molecular formula is C9H12FNO2. The summed E-state index contributed by atoms with van der Waals surface area (Å²) in [5, 5.41) is 18.6. The van der Waals surface area contributed by atoms with Crippen molar-refractivity contribution in [1.29, 1.82) is 0 Å². The highest BCUT2D eigenvalue weighted by Crippen LogP contribution is 2.34. The summed E-state index contributed by atoms with van der Waals surface area (Å²) in [5.41, 5.74) is 5.65. The lowest BCUT2D eigenvalue weighted by Gasteiger charge is -2.13. The molecule has 72 valence electrons. The van der Waals surface area contributed by atoms with E-state index in [2.05, 4.69) is 0 Å². The summed E-state index contributed by atoms with van der Waals surface area (Å²) in [4.78, 5) is 0. The Morgan fingerprint density at radius 2 is 2.08 bits per heavy atom. The number of phenols is 2. The van der Waals surface area contributed by atoms with Gasteiger partial charge < -0.3 is 15.9 Å². The Hall–Kier alpha value is -1.29. The molecule has 0 bridgehead atoms. The fourth-order valence-corrected chi connectivity index (χ4v) is 1.14. The molecule has 0 saturated carbocycles. The molecule has 0 heterocycles. The molecule has 0 radical (unpaired) electrons. The first kappa shape index (κ1) is 9.80. The van der Waals surface area contributed by atoms with E-state index in [4.69, 9.17) is 5.73 Å². The van der Waals surface area contributed by atoms with Gasteiger partial charge in [-0.2, -0.15) is 0 Å². The van der Waals surface area contributed by atoms with E-state index in [1.54, 1.807) is 6.92 Å². The molecule has 3 nitrogen and oxygen atoms in total. The van der Waals surface area contributed by atoms with Crippen molar-refractivity contribution in [2.45, 2.75) is 19.4 Å². The minimum atomic E-state index is -0.767. The molecule has 1 aromatic carbocycles. The van der Waals surface area contributed by atoms with Crippen LogP contribution in [0.3, 0.4) is 0 Å². The molecule has 0 aliphatic carbocycles. The molecule has 4 heteroatoms. The molecule has 1 unspecified atom stereocenters. The van der Waals surface area contributed by atoms with Crippen LogP contribution in [0.1, 0.15) is 24.9 Å². The van der Waals surface area contributed by atoms with E-state index in [0.29, 0.717) is 6.42 Å². The quantitative estimate of drug-likeness (QED) is 0.656. The third-order valence-corrected chi connectivity index (χ3v) is 1.96. The van der Waals surface area contributed by atoms with Crippen molar-refractivity contribution in [2.75, 3.05) is 0 Å². The second-order valence-corrected chi connectivity index (χ2v) is 2.84. The van der Waals surface area contributed by atoms with Gasteiger partial charge in [-0.05, 0) is 18.6 Å². The zero-order valence-electron chi connectivity index (χ0n) is 7.29. The summed E-state index contributed by atoms with van der Waals surface area (Å²) in [6, 6.07) is 1.63. The third-order valence-electron chi connectivity index (χ3n) is 1.96. The van der Waals surface area contributed by atoms with E-state index in [1.807, 2.05) is 0 Å². The van der Waals surface area contributed by atoms with Crippen molar-refractivity contribution in [2.24, 2.45) is 5.73 Å². The van der Waals surface area contributed by atoms with E-state index in [0.717, 1.165) is 6.07 Å². The van der Waals surface area contributed by atoms with Crippen LogP contribution in [0.5, 0.6) is 11.5 Å². The summed E-state index contributed by atoms with van der Waals surface area (Å²) in [5.74, 6) is -1.50. The van der Waals surface area contributed by atoms with Crippen LogP contribution in [0.2, 0.25) is 0 Å². The van der Waals surface area contributed by atoms with E-state index >= 15 is 0 Å². The van der Waals surface area contributed by atoms with Gasteiger partial charge >= 0.3 is 0 Å². The number of hydrogen-bond donors (Lipinski definition) is 3. The van der Waals surface area contributed by atoms with Gasteiger partial charge in [-0.3, -0.25) is 0 Å². The summed E-state index contributed by atoms with van der Waals surface area (Å²) in [6.45, 7) is 1.79. The molecule has 0 aromatic heterocycles. The van der Waals surface area contributed by atoms with Gasteiger partial charge in [0.25, 0.3) is 0 Å². The highest BCUT2D eigenvalue weighted by atomic mass is 19.1. The first-order valence-electron chi connectivity index (χ1n) is 4.03. The van der Waals surface area contributed by atoms with Crippen molar-refractivity contribution in [1.82, 2.24) is 0 Å². The molecule has 0 fully saturated rings. The van der Waals surface area contributed by atoms with Gasteiger partial charge in [0.2, 0.25) is 0 Å². The van der Waals surface area contributed by atoms with Crippen molar-refractivity contribution in [3.8, 4) is 11.5 Å². The van der Waals surface area contributed by atoms with E-state index < -0.39 is 17.6 Å². The molecule has 1 aromatic rings. The first-order valence-corrected chi connectivity index (χ1v) is 4.03. The van der Waals surface area contributed by atoms with Gasteiger partial charge in [0.1, 0.15) is 5.75 Å². The normalized spacial score (nSPS) is 12.8. The van der Waals surface area contributed by atoms with Crippen LogP contribution in [-0.4, -0.2) is 10.2 Å². The molecule has 13 heavy (non-hydrogen) atoms. The van der Waals surface area contributed by atoms with Gasteiger partial charge in [0, 0.05) is 6.04 Å². The van der Waals surface area contributed by atoms with Crippen LogP contribution in [0, 0.1) is 5.82 Å². The molecule has 4 N–H and O–H groups in total. The Kier molecular flexibility index (Phi) is 2.72. The van der Waals surface area contributed by atoms with Crippen LogP contribution in [0.25, 0.3) is 0 Å². The first-order chi connectivity index (χ1) is 6.07. The van der Waals surface area contributed by atoms with Gasteiger partial charge in [-0.1, -0.05) is 6.92 Å². The van der Waals surface area contributed by atoms with Crippen LogP contribution < -0.4 is 5.73 Å². The summed E-state index contributed by atoms with van der Waals surface area (Å²) in [7, 11) is 0. The SMILES string of the molecule is CCC(N)c1c(O)ccc(F)c1O. The molecule has 1 atom stereocenters. The van der Waals surface area contributed by atoms with Crippen molar-refractivity contribution in [3.63, 3.8) is 0 Å². The maximum atomic E-state index is 12.8. The zero-order valence-corrected chi connectivity index (χ0v) is 7.29. The second kappa shape index (κ2) is 3.62. The Balaban J connectivity index is 3.25. The number of benzene rings is 1. The van der Waals surface area contributed by atoms with Crippen molar-refractivity contribution < 1.29 is 14.6 Å². The van der Waals surface area contributed by atoms with Gasteiger partial charge in [0.05, 0.1) is 5.56 Å². The average Bonchev–Trinajstić information content (AvgIpc) is 2.12. The fourth-order valence-electron chi connectivity index (χ4n) is 1.14. The molecule has 0 spiro atoms. The van der Waals surface area contributed by atoms with Crippen LogP contribution in [0.15, 0.2) is 12.1 Å². The number of rotatable bonds is 2. The largest absolute Gasteiger partial charge is 0.507 e. The number of halogens is 1. The fraction of sp³-hybridized carbons (Fsp3) is 0.333. The summed E-state index contributed by atoms with van der Waals surface area (Å²) < 4.78 is 12.8. The Morgan fingerprint density at radius 3 is 2.62 bits per heavy atom.